The summed E-state index contributed by atoms with van der Waals surface area (Å²) in [5, 5.41) is 18.0. The highest BCUT2D eigenvalue weighted by Crippen LogP contribution is 2.17. The molecule has 0 unspecified atom stereocenters. The van der Waals surface area contributed by atoms with E-state index in [1.54, 1.807) is 24.4 Å². The maximum Gasteiger partial charge on any atom is 0.269 e. The van der Waals surface area contributed by atoms with Crippen molar-refractivity contribution in [2.24, 2.45) is 5.10 Å². The van der Waals surface area contributed by atoms with E-state index in [1.165, 1.54) is 31.4 Å². The van der Waals surface area contributed by atoms with E-state index in [0.29, 0.717) is 18.4 Å². The van der Waals surface area contributed by atoms with Crippen LogP contribution in [0.2, 0.25) is 0 Å². The molecule has 0 aliphatic heterocycles. The van der Waals surface area contributed by atoms with Crippen LogP contribution in [-0.4, -0.2) is 29.6 Å². The molecule has 1 amide bonds. The molecule has 2 N–H and O–H groups in total. The minimum atomic E-state index is -0.432. The molecule has 1 saturated carbocycles. The van der Waals surface area contributed by atoms with Crippen LogP contribution in [0.25, 0.3) is 0 Å². The van der Waals surface area contributed by atoms with Crippen LogP contribution in [-0.2, 0) is 11.4 Å². The number of carbonyl (C=O) groups is 1. The van der Waals surface area contributed by atoms with Gasteiger partial charge in [-0.05, 0) is 48.2 Å². The van der Waals surface area contributed by atoms with Gasteiger partial charge in [-0.15, -0.1) is 0 Å². The molecular formula is C22H26N4O4. The number of hydrazone groups is 1. The number of amides is 1. The van der Waals surface area contributed by atoms with Crippen molar-refractivity contribution >= 4 is 17.8 Å². The minimum absolute atomic E-state index is 0.0490. The van der Waals surface area contributed by atoms with Crippen molar-refractivity contribution in [2.45, 2.75) is 44.8 Å². The van der Waals surface area contributed by atoms with E-state index >= 15 is 0 Å². The van der Waals surface area contributed by atoms with E-state index in [-0.39, 0.29) is 18.1 Å². The second-order valence-electron chi connectivity index (χ2n) is 7.29. The van der Waals surface area contributed by atoms with Crippen LogP contribution < -0.4 is 15.5 Å². The van der Waals surface area contributed by atoms with E-state index in [2.05, 4.69) is 15.8 Å². The van der Waals surface area contributed by atoms with Gasteiger partial charge in [0, 0.05) is 18.2 Å². The Hall–Kier alpha value is -3.26. The van der Waals surface area contributed by atoms with Gasteiger partial charge in [-0.1, -0.05) is 31.4 Å². The highest BCUT2D eigenvalue weighted by Gasteiger charge is 2.13. The van der Waals surface area contributed by atoms with Crippen LogP contribution in [0, 0.1) is 10.1 Å². The average molecular weight is 410 g/mol. The first-order valence-corrected chi connectivity index (χ1v) is 10.1. The molecule has 158 valence electrons. The Morgan fingerprint density at radius 2 is 1.93 bits per heavy atom. The van der Waals surface area contributed by atoms with Crippen molar-refractivity contribution in [3.63, 3.8) is 0 Å². The maximum atomic E-state index is 11.9. The molecule has 0 spiro atoms. The Morgan fingerprint density at radius 1 is 1.17 bits per heavy atom. The number of hydrogen-bond acceptors (Lipinski definition) is 6. The van der Waals surface area contributed by atoms with Gasteiger partial charge in [-0.2, -0.15) is 5.10 Å². The molecule has 3 rings (SSSR count). The monoisotopic (exact) mass is 410 g/mol. The number of rotatable bonds is 9. The molecule has 1 aliphatic carbocycles. The number of nitrogens with one attached hydrogen (secondary N) is 2. The van der Waals surface area contributed by atoms with Crippen LogP contribution in [0.15, 0.2) is 53.6 Å². The summed E-state index contributed by atoms with van der Waals surface area (Å²) in [6.45, 7) is 0.558. The Labute approximate surface area is 175 Å². The number of nitro groups is 1. The Bertz CT molecular complexity index is 877. The van der Waals surface area contributed by atoms with E-state index in [4.69, 9.17) is 4.74 Å². The second-order valence-corrected chi connectivity index (χ2v) is 7.29. The van der Waals surface area contributed by atoms with E-state index in [1.807, 2.05) is 18.2 Å². The fraction of sp³-hybridized carbons (Fsp3) is 0.364. The fourth-order valence-electron chi connectivity index (χ4n) is 3.33. The topological polar surface area (TPSA) is 106 Å². The number of nitro benzene ring substituents is 1. The number of benzene rings is 2. The molecule has 0 heterocycles. The average Bonchev–Trinajstić information content (AvgIpc) is 2.77. The molecule has 30 heavy (non-hydrogen) atoms. The van der Waals surface area contributed by atoms with Crippen molar-refractivity contribution in [1.29, 1.82) is 0 Å². The third-order valence-corrected chi connectivity index (χ3v) is 4.97. The lowest BCUT2D eigenvalue weighted by Gasteiger charge is -2.22. The first kappa shape index (κ1) is 21.4. The molecular weight excluding hydrogens is 384 g/mol. The van der Waals surface area contributed by atoms with Gasteiger partial charge in [0.25, 0.3) is 11.6 Å². The van der Waals surface area contributed by atoms with Crippen molar-refractivity contribution in [3.05, 3.63) is 69.8 Å². The molecule has 1 aliphatic rings. The normalized spacial score (nSPS) is 14.5. The van der Waals surface area contributed by atoms with Crippen molar-refractivity contribution in [3.8, 4) is 5.75 Å². The summed E-state index contributed by atoms with van der Waals surface area (Å²) in [5.41, 5.74) is 4.20. The summed E-state index contributed by atoms with van der Waals surface area (Å²) in [7, 11) is 0. The number of carbonyl (C=O) groups excluding carboxylic acids is 1. The van der Waals surface area contributed by atoms with Crippen LogP contribution in [0.4, 0.5) is 5.69 Å². The van der Waals surface area contributed by atoms with Gasteiger partial charge >= 0.3 is 0 Å². The van der Waals surface area contributed by atoms with E-state index in [9.17, 15) is 14.9 Å². The van der Waals surface area contributed by atoms with Crippen LogP contribution in [0.5, 0.6) is 5.75 Å². The largest absolute Gasteiger partial charge is 0.489 e. The molecule has 0 radical (unpaired) electrons. The third-order valence-electron chi connectivity index (χ3n) is 4.97. The lowest BCUT2D eigenvalue weighted by Crippen LogP contribution is -2.38. The first-order valence-electron chi connectivity index (χ1n) is 10.1. The highest BCUT2D eigenvalue weighted by atomic mass is 16.6. The Morgan fingerprint density at radius 3 is 2.67 bits per heavy atom. The van der Waals surface area contributed by atoms with Gasteiger partial charge in [0.2, 0.25) is 0 Å². The summed E-state index contributed by atoms with van der Waals surface area (Å²) in [6.07, 6.45) is 7.55. The molecule has 2 aromatic carbocycles. The molecule has 0 atom stereocenters. The smallest absolute Gasteiger partial charge is 0.269 e. The second kappa shape index (κ2) is 11.1. The minimum Gasteiger partial charge on any atom is -0.489 e. The van der Waals surface area contributed by atoms with Crippen molar-refractivity contribution < 1.29 is 14.5 Å². The first-order chi connectivity index (χ1) is 14.6. The fourth-order valence-corrected chi connectivity index (χ4v) is 3.33. The number of non-ortho nitro benzene ring substituents is 1. The number of ether oxygens (including phenoxy) is 1. The predicted octanol–water partition coefficient (Wildman–Crippen LogP) is 3.55. The van der Waals surface area contributed by atoms with Crippen LogP contribution in [0.3, 0.4) is 0 Å². The molecule has 8 nitrogen and oxygen atoms in total. The van der Waals surface area contributed by atoms with Gasteiger partial charge < -0.3 is 10.1 Å². The van der Waals surface area contributed by atoms with Crippen molar-refractivity contribution in [1.82, 2.24) is 10.7 Å². The zero-order valence-corrected chi connectivity index (χ0v) is 16.8. The van der Waals surface area contributed by atoms with Crippen LogP contribution >= 0.6 is 0 Å². The number of nitrogens with zero attached hydrogens (tertiary/aromatic N) is 2. The van der Waals surface area contributed by atoms with Gasteiger partial charge in [0.15, 0.2) is 0 Å². The van der Waals surface area contributed by atoms with Gasteiger partial charge in [-0.25, -0.2) is 5.43 Å². The standard InChI is InChI=1S/C22H26N4O4/c27-22(15-23-19-6-2-1-3-7-19)25-24-14-18-5-4-8-21(13-18)30-16-17-9-11-20(12-10-17)26(28)29/h4-5,8-14,19,23H,1-3,6-7,15-16H2,(H,25,27)/b24-14-. The predicted molar refractivity (Wildman–Crippen MR) is 114 cm³/mol. The van der Waals surface area contributed by atoms with Crippen LogP contribution in [0.1, 0.15) is 43.2 Å². The quantitative estimate of drug-likeness (QED) is 0.374. The van der Waals surface area contributed by atoms with E-state index < -0.39 is 4.92 Å². The molecule has 8 heteroatoms. The maximum absolute atomic E-state index is 11.9. The van der Waals surface area contributed by atoms with Crippen molar-refractivity contribution in [2.75, 3.05) is 6.54 Å². The SMILES string of the molecule is O=C(CNC1CCCCC1)N/N=C\c1cccc(OCc2ccc([N+](=O)[O-])cc2)c1. The molecule has 0 bridgehead atoms. The zero-order valence-electron chi connectivity index (χ0n) is 16.8. The van der Waals surface area contributed by atoms with Gasteiger partial charge in [-0.3, -0.25) is 14.9 Å². The lowest BCUT2D eigenvalue weighted by molar-refractivity contribution is -0.384. The highest BCUT2D eigenvalue weighted by molar-refractivity contribution is 5.83. The molecule has 0 saturated heterocycles. The van der Waals surface area contributed by atoms with Gasteiger partial charge in [0.1, 0.15) is 12.4 Å². The Balaban J connectivity index is 1.43. The summed E-state index contributed by atoms with van der Waals surface area (Å²) < 4.78 is 5.74. The lowest BCUT2D eigenvalue weighted by atomic mass is 9.95. The van der Waals surface area contributed by atoms with E-state index in [0.717, 1.165) is 24.0 Å². The molecule has 2 aromatic rings. The number of hydrogen-bond donors (Lipinski definition) is 2. The molecule has 0 aromatic heterocycles. The summed E-state index contributed by atoms with van der Waals surface area (Å²) in [6, 6.07) is 14.0. The summed E-state index contributed by atoms with van der Waals surface area (Å²) >= 11 is 0. The molecule has 1 fully saturated rings. The van der Waals surface area contributed by atoms with Gasteiger partial charge in [0.05, 0.1) is 17.7 Å². The summed E-state index contributed by atoms with van der Waals surface area (Å²) in [4.78, 5) is 22.2. The zero-order chi connectivity index (χ0) is 21.2. The Kier molecular flexibility index (Phi) is 7.91. The third kappa shape index (κ3) is 6.97. The summed E-state index contributed by atoms with van der Waals surface area (Å²) in [5.74, 6) is 0.477.